The lowest BCUT2D eigenvalue weighted by atomic mass is 10.1. The maximum absolute atomic E-state index is 12.4. The van der Waals surface area contributed by atoms with Crippen molar-refractivity contribution in [2.75, 3.05) is 11.1 Å². The first kappa shape index (κ1) is 25.3. The summed E-state index contributed by atoms with van der Waals surface area (Å²) in [6.45, 7) is 3.38. The number of carbonyl (C=O) groups is 1. The van der Waals surface area contributed by atoms with Gasteiger partial charge in [-0.25, -0.2) is 0 Å². The van der Waals surface area contributed by atoms with E-state index in [2.05, 4.69) is 42.9 Å². The fraction of sp³-hybridized carbons (Fsp3) is 0.400. The van der Waals surface area contributed by atoms with Crippen LogP contribution < -0.4 is 10.1 Å². The highest BCUT2D eigenvalue weighted by atomic mass is 79.9. The smallest absolute Gasteiger partial charge is 0.234 e. The third-order valence-electron chi connectivity index (χ3n) is 5.10. The Morgan fingerprint density at radius 3 is 2.48 bits per heavy atom. The van der Waals surface area contributed by atoms with Crippen molar-refractivity contribution in [3.8, 4) is 5.75 Å². The van der Waals surface area contributed by atoms with Crippen LogP contribution in [0.1, 0.15) is 51.3 Å². The van der Waals surface area contributed by atoms with E-state index < -0.39 is 0 Å². The predicted octanol–water partition coefficient (Wildman–Crippen LogP) is 6.71. The molecule has 0 saturated heterocycles. The first-order valence-corrected chi connectivity index (χ1v) is 13.2. The van der Waals surface area contributed by atoms with Gasteiger partial charge in [-0.05, 0) is 42.8 Å². The SMILES string of the molecule is CCCCCCCCn1c(COc2ccc(Br)cc2)nnc1SCC(=O)Nc1ccccc1. The van der Waals surface area contributed by atoms with E-state index in [4.69, 9.17) is 4.74 Å². The summed E-state index contributed by atoms with van der Waals surface area (Å²) in [5.74, 6) is 1.77. The molecule has 2 aromatic carbocycles. The number of para-hydroxylation sites is 1. The minimum Gasteiger partial charge on any atom is -0.486 e. The molecule has 0 saturated carbocycles. The second kappa shape index (κ2) is 14.1. The zero-order valence-electron chi connectivity index (χ0n) is 19.0. The van der Waals surface area contributed by atoms with Gasteiger partial charge in [-0.15, -0.1) is 10.2 Å². The van der Waals surface area contributed by atoms with E-state index >= 15 is 0 Å². The molecule has 0 atom stereocenters. The number of hydrogen-bond acceptors (Lipinski definition) is 5. The normalized spacial score (nSPS) is 10.8. The van der Waals surface area contributed by atoms with Crippen LogP contribution in [0.2, 0.25) is 0 Å². The molecule has 0 fully saturated rings. The third-order valence-corrected chi connectivity index (χ3v) is 6.60. The molecule has 1 N–H and O–H groups in total. The number of aromatic nitrogens is 3. The van der Waals surface area contributed by atoms with Gasteiger partial charge in [0.25, 0.3) is 0 Å². The van der Waals surface area contributed by atoms with Crippen LogP contribution in [0, 0.1) is 0 Å². The van der Waals surface area contributed by atoms with Crippen molar-refractivity contribution in [2.45, 2.75) is 63.8 Å². The molecule has 0 unspecified atom stereocenters. The number of nitrogens with one attached hydrogen (secondary N) is 1. The number of amides is 1. The Labute approximate surface area is 208 Å². The summed E-state index contributed by atoms with van der Waals surface area (Å²) >= 11 is 4.85. The molecule has 3 rings (SSSR count). The lowest BCUT2D eigenvalue weighted by Crippen LogP contribution is -2.15. The summed E-state index contributed by atoms with van der Waals surface area (Å²) < 4.78 is 9.04. The molecule has 6 nitrogen and oxygen atoms in total. The van der Waals surface area contributed by atoms with Gasteiger partial charge in [0.15, 0.2) is 11.0 Å². The quantitative estimate of drug-likeness (QED) is 0.185. The molecule has 0 bridgehead atoms. The van der Waals surface area contributed by atoms with Crippen LogP contribution in [-0.2, 0) is 17.9 Å². The monoisotopic (exact) mass is 530 g/mol. The number of nitrogens with zero attached hydrogens (tertiary/aromatic N) is 3. The number of halogens is 1. The molecule has 0 radical (unpaired) electrons. The van der Waals surface area contributed by atoms with E-state index in [1.54, 1.807) is 0 Å². The fourth-order valence-electron chi connectivity index (χ4n) is 3.33. The molecule has 0 aliphatic carbocycles. The van der Waals surface area contributed by atoms with E-state index in [9.17, 15) is 4.79 Å². The molecule has 0 aliphatic heterocycles. The van der Waals surface area contributed by atoms with Crippen molar-refractivity contribution in [3.05, 3.63) is 64.9 Å². The molecule has 1 amide bonds. The average Bonchev–Trinajstić information content (AvgIpc) is 3.22. The molecule has 176 valence electrons. The van der Waals surface area contributed by atoms with Crippen LogP contribution in [0.25, 0.3) is 0 Å². The van der Waals surface area contributed by atoms with Crippen LogP contribution in [-0.4, -0.2) is 26.4 Å². The Morgan fingerprint density at radius 2 is 1.73 bits per heavy atom. The van der Waals surface area contributed by atoms with E-state index in [1.165, 1.54) is 43.9 Å². The first-order chi connectivity index (χ1) is 16.2. The first-order valence-electron chi connectivity index (χ1n) is 11.4. The van der Waals surface area contributed by atoms with Crippen molar-refractivity contribution in [3.63, 3.8) is 0 Å². The molecule has 0 aliphatic rings. The summed E-state index contributed by atoms with van der Waals surface area (Å²) in [5.41, 5.74) is 0.792. The van der Waals surface area contributed by atoms with Gasteiger partial charge < -0.3 is 14.6 Å². The molecular formula is C25H31BrN4O2S. The highest BCUT2D eigenvalue weighted by molar-refractivity contribution is 9.10. The van der Waals surface area contributed by atoms with Crippen molar-refractivity contribution < 1.29 is 9.53 Å². The van der Waals surface area contributed by atoms with Gasteiger partial charge in [-0.1, -0.05) is 84.9 Å². The second-order valence-electron chi connectivity index (χ2n) is 7.76. The van der Waals surface area contributed by atoms with E-state index in [0.29, 0.717) is 6.61 Å². The number of ether oxygens (including phenoxy) is 1. The topological polar surface area (TPSA) is 69.0 Å². The summed E-state index contributed by atoms with van der Waals surface area (Å²) in [6, 6.07) is 17.2. The van der Waals surface area contributed by atoms with Crippen molar-refractivity contribution in [1.29, 1.82) is 0 Å². The summed E-state index contributed by atoms with van der Waals surface area (Å²) in [7, 11) is 0. The summed E-state index contributed by atoms with van der Waals surface area (Å²) in [4.78, 5) is 12.4. The fourth-order valence-corrected chi connectivity index (χ4v) is 4.38. The predicted molar refractivity (Wildman–Crippen MR) is 138 cm³/mol. The zero-order chi connectivity index (χ0) is 23.3. The Balaban J connectivity index is 1.59. The van der Waals surface area contributed by atoms with Crippen LogP contribution >= 0.6 is 27.7 Å². The molecule has 33 heavy (non-hydrogen) atoms. The standard InChI is InChI=1S/C25H31BrN4O2S/c1-2-3-4-5-6-10-17-30-23(18-32-22-15-13-20(26)14-16-22)28-29-25(30)33-19-24(31)27-21-11-8-7-9-12-21/h7-9,11-16H,2-6,10,17-19H2,1H3,(H,27,31). The highest BCUT2D eigenvalue weighted by Gasteiger charge is 2.15. The number of rotatable bonds is 14. The van der Waals surface area contributed by atoms with Crippen LogP contribution in [0.5, 0.6) is 5.75 Å². The van der Waals surface area contributed by atoms with Gasteiger partial charge in [-0.2, -0.15) is 0 Å². The maximum Gasteiger partial charge on any atom is 0.234 e. The Morgan fingerprint density at radius 1 is 1.00 bits per heavy atom. The van der Waals surface area contributed by atoms with Crippen molar-refractivity contribution in [2.24, 2.45) is 0 Å². The molecule has 3 aromatic rings. The Kier molecular flexibility index (Phi) is 10.8. The van der Waals surface area contributed by atoms with Crippen molar-refractivity contribution >= 4 is 39.3 Å². The Bertz CT molecular complexity index is 980. The van der Waals surface area contributed by atoms with E-state index in [0.717, 1.165) is 39.9 Å². The van der Waals surface area contributed by atoms with Gasteiger partial charge in [0.2, 0.25) is 5.91 Å². The zero-order valence-corrected chi connectivity index (χ0v) is 21.4. The minimum atomic E-state index is -0.0621. The largest absolute Gasteiger partial charge is 0.486 e. The maximum atomic E-state index is 12.4. The molecular weight excluding hydrogens is 500 g/mol. The van der Waals surface area contributed by atoms with Gasteiger partial charge in [-0.3, -0.25) is 4.79 Å². The van der Waals surface area contributed by atoms with Crippen LogP contribution in [0.4, 0.5) is 5.69 Å². The van der Waals surface area contributed by atoms with E-state index in [1.807, 2.05) is 54.6 Å². The summed E-state index contributed by atoms with van der Waals surface area (Å²) in [6.07, 6.45) is 7.27. The average molecular weight is 532 g/mol. The lowest BCUT2D eigenvalue weighted by Gasteiger charge is -2.11. The summed E-state index contributed by atoms with van der Waals surface area (Å²) in [5, 5.41) is 12.4. The van der Waals surface area contributed by atoms with Crippen molar-refractivity contribution in [1.82, 2.24) is 14.8 Å². The van der Waals surface area contributed by atoms with Crippen LogP contribution in [0.3, 0.4) is 0 Å². The number of benzene rings is 2. The molecule has 1 aromatic heterocycles. The Hall–Kier alpha value is -2.32. The van der Waals surface area contributed by atoms with Gasteiger partial charge in [0.05, 0.1) is 5.75 Å². The van der Waals surface area contributed by atoms with Gasteiger partial charge in [0.1, 0.15) is 12.4 Å². The van der Waals surface area contributed by atoms with Gasteiger partial charge in [0, 0.05) is 16.7 Å². The number of unbranched alkanes of at least 4 members (excludes halogenated alkanes) is 5. The van der Waals surface area contributed by atoms with Gasteiger partial charge >= 0.3 is 0 Å². The number of anilines is 1. The van der Waals surface area contributed by atoms with E-state index in [-0.39, 0.29) is 11.7 Å². The molecule has 8 heteroatoms. The second-order valence-corrected chi connectivity index (χ2v) is 9.62. The number of hydrogen-bond donors (Lipinski definition) is 1. The molecule has 1 heterocycles. The molecule has 0 spiro atoms. The lowest BCUT2D eigenvalue weighted by molar-refractivity contribution is -0.113. The third kappa shape index (κ3) is 8.85. The van der Waals surface area contributed by atoms with Crippen LogP contribution in [0.15, 0.2) is 64.2 Å². The number of thioether (sulfide) groups is 1. The highest BCUT2D eigenvalue weighted by Crippen LogP contribution is 2.21. The minimum absolute atomic E-state index is 0.0621. The number of carbonyl (C=O) groups excluding carboxylic acids is 1.